The lowest BCUT2D eigenvalue weighted by atomic mass is 10.2. The van der Waals surface area contributed by atoms with Crippen molar-refractivity contribution in [1.82, 2.24) is 5.32 Å². The van der Waals surface area contributed by atoms with Crippen molar-refractivity contribution in [3.63, 3.8) is 0 Å². The largest absolute Gasteiger partial charge is 0.310 e. The summed E-state index contributed by atoms with van der Waals surface area (Å²) >= 11 is 0. The SMILES string of the molecule is O=S1(=O)CCCCN1c1cccc(CNC2CC2)c1. The molecule has 0 unspecified atom stereocenters. The molecule has 1 aliphatic carbocycles. The number of hydrogen-bond donors (Lipinski definition) is 1. The van der Waals surface area contributed by atoms with Crippen LogP contribution in [0.4, 0.5) is 5.69 Å². The van der Waals surface area contributed by atoms with Gasteiger partial charge in [0.1, 0.15) is 0 Å². The molecular weight excluding hydrogens is 260 g/mol. The van der Waals surface area contributed by atoms with Gasteiger partial charge in [0.2, 0.25) is 10.0 Å². The maximum atomic E-state index is 12.1. The van der Waals surface area contributed by atoms with E-state index in [1.54, 1.807) is 4.31 Å². The Labute approximate surface area is 114 Å². The summed E-state index contributed by atoms with van der Waals surface area (Å²) in [6.45, 7) is 1.44. The van der Waals surface area contributed by atoms with Crippen LogP contribution in [0, 0.1) is 0 Å². The van der Waals surface area contributed by atoms with Gasteiger partial charge in [-0.2, -0.15) is 0 Å². The Balaban J connectivity index is 1.77. The molecule has 1 heterocycles. The van der Waals surface area contributed by atoms with E-state index in [9.17, 15) is 8.42 Å². The maximum absolute atomic E-state index is 12.1. The monoisotopic (exact) mass is 280 g/mol. The molecule has 1 saturated carbocycles. The van der Waals surface area contributed by atoms with Gasteiger partial charge in [0.15, 0.2) is 0 Å². The summed E-state index contributed by atoms with van der Waals surface area (Å²) < 4.78 is 25.7. The molecule has 0 aromatic heterocycles. The van der Waals surface area contributed by atoms with Crippen molar-refractivity contribution < 1.29 is 8.42 Å². The average Bonchev–Trinajstić information content (AvgIpc) is 3.20. The van der Waals surface area contributed by atoms with Crippen LogP contribution in [-0.2, 0) is 16.6 Å². The first kappa shape index (κ1) is 12.9. The molecule has 1 aromatic rings. The summed E-state index contributed by atoms with van der Waals surface area (Å²) in [5.74, 6) is 0.275. The Kier molecular flexibility index (Phi) is 3.50. The van der Waals surface area contributed by atoms with E-state index >= 15 is 0 Å². The highest BCUT2D eigenvalue weighted by Gasteiger charge is 2.26. The van der Waals surface area contributed by atoms with Crippen molar-refractivity contribution in [3.8, 4) is 0 Å². The molecule has 0 bridgehead atoms. The van der Waals surface area contributed by atoms with E-state index in [2.05, 4.69) is 11.4 Å². The van der Waals surface area contributed by atoms with E-state index < -0.39 is 10.0 Å². The van der Waals surface area contributed by atoms with Crippen LogP contribution in [-0.4, -0.2) is 26.8 Å². The van der Waals surface area contributed by atoms with Crippen molar-refractivity contribution in [2.24, 2.45) is 0 Å². The molecule has 3 rings (SSSR count). The third-order valence-corrected chi connectivity index (χ3v) is 5.59. The van der Waals surface area contributed by atoms with Gasteiger partial charge in [0.05, 0.1) is 11.4 Å². The first-order chi connectivity index (χ1) is 9.15. The minimum Gasteiger partial charge on any atom is -0.310 e. The van der Waals surface area contributed by atoms with Crippen LogP contribution in [0.1, 0.15) is 31.2 Å². The van der Waals surface area contributed by atoms with Crippen LogP contribution in [0.5, 0.6) is 0 Å². The molecule has 104 valence electrons. The van der Waals surface area contributed by atoms with Gasteiger partial charge in [0.25, 0.3) is 0 Å². The van der Waals surface area contributed by atoms with E-state index in [-0.39, 0.29) is 5.75 Å². The highest BCUT2D eigenvalue weighted by Crippen LogP contribution is 2.25. The first-order valence-electron chi connectivity index (χ1n) is 6.98. The summed E-state index contributed by atoms with van der Waals surface area (Å²) in [7, 11) is -3.10. The molecule has 19 heavy (non-hydrogen) atoms. The van der Waals surface area contributed by atoms with E-state index in [4.69, 9.17) is 0 Å². The Morgan fingerprint density at radius 3 is 2.84 bits per heavy atom. The van der Waals surface area contributed by atoms with Gasteiger partial charge in [-0.25, -0.2) is 8.42 Å². The molecule has 0 amide bonds. The zero-order valence-electron chi connectivity index (χ0n) is 11.0. The van der Waals surface area contributed by atoms with Gasteiger partial charge in [-0.05, 0) is 43.4 Å². The van der Waals surface area contributed by atoms with Crippen molar-refractivity contribution >= 4 is 15.7 Å². The fourth-order valence-electron chi connectivity index (χ4n) is 2.45. The second kappa shape index (κ2) is 5.13. The van der Waals surface area contributed by atoms with Crippen LogP contribution in [0.3, 0.4) is 0 Å². The topological polar surface area (TPSA) is 49.4 Å². The lowest BCUT2D eigenvalue weighted by molar-refractivity contribution is 0.574. The van der Waals surface area contributed by atoms with Crippen LogP contribution >= 0.6 is 0 Å². The molecule has 5 heteroatoms. The van der Waals surface area contributed by atoms with Gasteiger partial charge in [-0.15, -0.1) is 0 Å². The van der Waals surface area contributed by atoms with Crippen molar-refractivity contribution in [1.29, 1.82) is 0 Å². The molecule has 0 spiro atoms. The van der Waals surface area contributed by atoms with Gasteiger partial charge < -0.3 is 5.32 Å². The highest BCUT2D eigenvalue weighted by molar-refractivity contribution is 7.92. The lowest BCUT2D eigenvalue weighted by Crippen LogP contribution is -2.37. The standard InChI is InChI=1S/C14H20N2O2S/c17-19(18)9-2-1-8-16(19)14-5-3-4-12(10-14)11-15-13-6-7-13/h3-5,10,13,15H,1-2,6-9,11H2. The molecule has 2 aliphatic rings. The number of nitrogens with zero attached hydrogens (tertiary/aromatic N) is 1. The zero-order chi connectivity index (χ0) is 13.3. The molecule has 0 atom stereocenters. The molecule has 4 nitrogen and oxygen atoms in total. The summed E-state index contributed by atoms with van der Waals surface area (Å²) in [6, 6.07) is 8.56. The number of nitrogens with one attached hydrogen (secondary N) is 1. The molecule has 1 aromatic carbocycles. The predicted octanol–water partition coefficient (Wildman–Crippen LogP) is 1.87. The maximum Gasteiger partial charge on any atom is 0.235 e. The number of hydrogen-bond acceptors (Lipinski definition) is 3. The number of benzene rings is 1. The lowest BCUT2D eigenvalue weighted by Gasteiger charge is -2.28. The van der Waals surface area contributed by atoms with Gasteiger partial charge in [-0.3, -0.25) is 4.31 Å². The second-order valence-corrected chi connectivity index (χ2v) is 7.43. The van der Waals surface area contributed by atoms with Crippen LogP contribution in [0.2, 0.25) is 0 Å². The molecular formula is C14H20N2O2S. The van der Waals surface area contributed by atoms with E-state index in [0.29, 0.717) is 12.6 Å². The van der Waals surface area contributed by atoms with Crippen molar-refractivity contribution in [2.45, 2.75) is 38.3 Å². The third-order valence-electron chi connectivity index (χ3n) is 3.72. The Morgan fingerprint density at radius 1 is 1.26 bits per heavy atom. The summed E-state index contributed by atoms with van der Waals surface area (Å²) in [4.78, 5) is 0. The van der Waals surface area contributed by atoms with E-state index in [1.807, 2.05) is 18.2 Å². The smallest absolute Gasteiger partial charge is 0.235 e. The summed E-state index contributed by atoms with van der Waals surface area (Å²) in [5, 5.41) is 3.46. The summed E-state index contributed by atoms with van der Waals surface area (Å²) in [6.07, 6.45) is 4.26. The van der Waals surface area contributed by atoms with Gasteiger partial charge >= 0.3 is 0 Å². The van der Waals surface area contributed by atoms with Crippen molar-refractivity contribution in [2.75, 3.05) is 16.6 Å². The quantitative estimate of drug-likeness (QED) is 0.916. The number of sulfonamides is 1. The fraction of sp³-hybridized carbons (Fsp3) is 0.571. The number of rotatable bonds is 4. The molecule has 0 radical (unpaired) electrons. The predicted molar refractivity (Wildman–Crippen MR) is 76.7 cm³/mol. The normalized spacial score (nSPS) is 22.4. The molecule has 1 saturated heterocycles. The zero-order valence-corrected chi connectivity index (χ0v) is 11.8. The van der Waals surface area contributed by atoms with Crippen LogP contribution < -0.4 is 9.62 Å². The minimum atomic E-state index is -3.10. The van der Waals surface area contributed by atoms with E-state index in [1.165, 1.54) is 12.8 Å². The third kappa shape index (κ3) is 3.09. The fourth-order valence-corrected chi connectivity index (χ4v) is 4.08. The molecule has 1 N–H and O–H groups in total. The Morgan fingerprint density at radius 2 is 2.11 bits per heavy atom. The van der Waals surface area contributed by atoms with Gasteiger partial charge in [0, 0.05) is 19.1 Å². The first-order valence-corrected chi connectivity index (χ1v) is 8.59. The van der Waals surface area contributed by atoms with Crippen LogP contribution in [0.15, 0.2) is 24.3 Å². The Bertz CT molecular complexity index is 552. The van der Waals surface area contributed by atoms with Crippen molar-refractivity contribution in [3.05, 3.63) is 29.8 Å². The van der Waals surface area contributed by atoms with E-state index in [0.717, 1.165) is 30.6 Å². The highest BCUT2D eigenvalue weighted by atomic mass is 32.2. The Hall–Kier alpha value is -1.07. The average molecular weight is 280 g/mol. The van der Waals surface area contributed by atoms with Crippen LogP contribution in [0.25, 0.3) is 0 Å². The number of anilines is 1. The summed E-state index contributed by atoms with van der Waals surface area (Å²) in [5.41, 5.74) is 1.97. The van der Waals surface area contributed by atoms with Gasteiger partial charge in [-0.1, -0.05) is 12.1 Å². The second-order valence-electron chi connectivity index (χ2n) is 5.42. The minimum absolute atomic E-state index is 0.275. The molecule has 1 aliphatic heterocycles. The molecule has 2 fully saturated rings.